The molecule has 0 saturated heterocycles. The molecule has 4 rings (SSSR count). The van der Waals surface area contributed by atoms with E-state index in [2.05, 4.69) is 125 Å². The van der Waals surface area contributed by atoms with Crippen LogP contribution >= 0.6 is 0 Å². The maximum Gasteiger partial charge on any atom is 0.00476 e. The third-order valence-corrected chi connectivity index (χ3v) is 7.99. The molecule has 0 fully saturated rings. The van der Waals surface area contributed by atoms with Crippen LogP contribution in [0.1, 0.15) is 104 Å². The lowest BCUT2D eigenvalue weighted by atomic mass is 9.69. The van der Waals surface area contributed by atoms with E-state index in [1.54, 1.807) is 5.56 Å². The molecule has 0 spiro atoms. The van der Waals surface area contributed by atoms with Gasteiger partial charge in [0.25, 0.3) is 0 Å². The highest BCUT2D eigenvalue weighted by Gasteiger charge is 2.37. The van der Waals surface area contributed by atoms with Gasteiger partial charge in [0.1, 0.15) is 0 Å². The molecule has 176 valence electrons. The van der Waals surface area contributed by atoms with Gasteiger partial charge < -0.3 is 0 Å². The molecule has 33 heavy (non-hydrogen) atoms. The first-order valence-electron chi connectivity index (χ1n) is 12.7. The van der Waals surface area contributed by atoms with E-state index in [1.165, 1.54) is 39.0 Å². The van der Waals surface area contributed by atoms with Crippen molar-refractivity contribution >= 4 is 0 Å². The molecule has 0 N–H and O–H groups in total. The lowest BCUT2D eigenvalue weighted by Gasteiger charge is -2.34. The zero-order valence-electron chi connectivity index (χ0n) is 22.9. The summed E-state index contributed by atoms with van der Waals surface area (Å²) in [6.07, 6.45) is 8.38. The van der Waals surface area contributed by atoms with Gasteiger partial charge in [0, 0.05) is 5.92 Å². The Balaban J connectivity index is 1.91. The molecule has 0 aliphatic heterocycles. The fourth-order valence-electron chi connectivity index (χ4n) is 5.39. The first-order chi connectivity index (χ1) is 15.0. The standard InChI is InChI=1S/C33H44/c1-30(2,3)22-14-15-24(17-22)33(10,11)29-20-25(32(7,8)9)19-27-26-18-23(31(4,5)6)13-12-21(26)16-28(27)29/h12-15,17-20,24H,16H2,1-11H3. The first kappa shape index (κ1) is 24.1. The molecule has 0 saturated carbocycles. The van der Waals surface area contributed by atoms with Gasteiger partial charge in [-0.25, -0.2) is 0 Å². The molecule has 1 unspecified atom stereocenters. The molecular formula is C33H44. The number of fused-ring (bicyclic) bond motifs is 3. The summed E-state index contributed by atoms with van der Waals surface area (Å²) in [4.78, 5) is 0. The summed E-state index contributed by atoms with van der Waals surface area (Å²) in [6, 6.07) is 12.2. The maximum absolute atomic E-state index is 2.53. The summed E-state index contributed by atoms with van der Waals surface area (Å²) in [5.74, 6) is 0.417. The van der Waals surface area contributed by atoms with Gasteiger partial charge in [0.15, 0.2) is 0 Å². The van der Waals surface area contributed by atoms with Crippen molar-refractivity contribution in [2.75, 3.05) is 0 Å². The lowest BCUT2D eigenvalue weighted by Crippen LogP contribution is -2.28. The third kappa shape index (κ3) is 4.27. The SMILES string of the molecule is CC(C)(C)C1=CC(C(C)(C)c2cc(C(C)(C)C)cc3c2Cc2ccc(C(C)(C)C)cc2-3)C=C1. The van der Waals surface area contributed by atoms with E-state index in [0.29, 0.717) is 5.92 Å². The van der Waals surface area contributed by atoms with Crippen LogP contribution < -0.4 is 0 Å². The highest BCUT2D eigenvalue weighted by molar-refractivity contribution is 5.80. The summed E-state index contributed by atoms with van der Waals surface area (Å²) < 4.78 is 0. The van der Waals surface area contributed by atoms with E-state index in [0.717, 1.165) is 6.42 Å². The van der Waals surface area contributed by atoms with Crippen molar-refractivity contribution in [2.24, 2.45) is 11.3 Å². The molecule has 0 radical (unpaired) electrons. The van der Waals surface area contributed by atoms with E-state index in [1.807, 2.05) is 0 Å². The average Bonchev–Trinajstić information content (AvgIpc) is 3.30. The van der Waals surface area contributed by atoms with Crippen LogP contribution in [0.15, 0.2) is 54.1 Å². The molecule has 0 amide bonds. The molecule has 2 aliphatic carbocycles. The zero-order chi connectivity index (χ0) is 24.6. The topological polar surface area (TPSA) is 0 Å². The first-order valence-corrected chi connectivity index (χ1v) is 12.7. The molecule has 2 aliphatic rings. The van der Waals surface area contributed by atoms with Crippen molar-refractivity contribution in [3.8, 4) is 11.1 Å². The molecule has 2 aromatic rings. The second kappa shape index (κ2) is 7.46. The van der Waals surface area contributed by atoms with Gasteiger partial charge in [-0.3, -0.25) is 0 Å². The maximum atomic E-state index is 2.53. The second-order valence-corrected chi connectivity index (χ2v) is 14.1. The van der Waals surface area contributed by atoms with Gasteiger partial charge >= 0.3 is 0 Å². The van der Waals surface area contributed by atoms with Gasteiger partial charge in [-0.15, -0.1) is 0 Å². The molecule has 0 heteroatoms. The van der Waals surface area contributed by atoms with E-state index in [-0.39, 0.29) is 21.7 Å². The van der Waals surface area contributed by atoms with Gasteiger partial charge in [-0.1, -0.05) is 125 Å². The molecule has 2 aromatic carbocycles. The molecule has 0 bridgehead atoms. The normalized spacial score (nSPS) is 18.4. The summed E-state index contributed by atoms with van der Waals surface area (Å²) in [6.45, 7) is 25.9. The zero-order valence-corrected chi connectivity index (χ0v) is 22.9. The highest BCUT2D eigenvalue weighted by Crippen LogP contribution is 2.49. The van der Waals surface area contributed by atoms with Gasteiger partial charge in [0.2, 0.25) is 0 Å². The van der Waals surface area contributed by atoms with Crippen molar-refractivity contribution in [1.82, 2.24) is 0 Å². The Morgan fingerprint density at radius 3 is 1.82 bits per heavy atom. The summed E-state index contributed by atoms with van der Waals surface area (Å²) >= 11 is 0. The minimum atomic E-state index is 0.0315. The van der Waals surface area contributed by atoms with E-state index in [4.69, 9.17) is 0 Å². The van der Waals surface area contributed by atoms with Gasteiger partial charge in [0.05, 0.1) is 0 Å². The van der Waals surface area contributed by atoms with Crippen LogP contribution in [-0.2, 0) is 22.7 Å². The van der Waals surface area contributed by atoms with Crippen molar-refractivity contribution < 1.29 is 0 Å². The number of hydrogen-bond donors (Lipinski definition) is 0. The fourth-order valence-corrected chi connectivity index (χ4v) is 5.39. The van der Waals surface area contributed by atoms with Crippen LogP contribution in [0.3, 0.4) is 0 Å². The Kier molecular flexibility index (Phi) is 5.44. The van der Waals surface area contributed by atoms with Crippen molar-refractivity contribution in [2.45, 2.75) is 98.8 Å². The molecule has 0 nitrogen and oxygen atoms in total. The minimum Gasteiger partial charge on any atom is -0.0764 e. The van der Waals surface area contributed by atoms with E-state index < -0.39 is 0 Å². The van der Waals surface area contributed by atoms with Crippen LogP contribution in [0, 0.1) is 11.3 Å². The molecule has 1 atom stereocenters. The number of hydrogen-bond acceptors (Lipinski definition) is 0. The summed E-state index contributed by atoms with van der Waals surface area (Å²) in [5.41, 5.74) is 12.3. The summed E-state index contributed by atoms with van der Waals surface area (Å²) in [7, 11) is 0. The Morgan fingerprint density at radius 2 is 1.27 bits per heavy atom. The smallest absolute Gasteiger partial charge is 0.00476 e. The number of benzene rings is 2. The quantitative estimate of drug-likeness (QED) is 0.372. The molecular weight excluding hydrogens is 396 g/mol. The Bertz CT molecular complexity index is 1140. The fraction of sp³-hybridized carbons (Fsp3) is 0.515. The van der Waals surface area contributed by atoms with E-state index in [9.17, 15) is 0 Å². The van der Waals surface area contributed by atoms with Crippen LogP contribution in [0.5, 0.6) is 0 Å². The third-order valence-electron chi connectivity index (χ3n) is 7.99. The lowest BCUT2D eigenvalue weighted by molar-refractivity contribution is 0.438. The minimum absolute atomic E-state index is 0.0315. The molecule has 0 heterocycles. The van der Waals surface area contributed by atoms with Crippen LogP contribution in [0.25, 0.3) is 11.1 Å². The monoisotopic (exact) mass is 440 g/mol. The largest absolute Gasteiger partial charge is 0.0764 e. The van der Waals surface area contributed by atoms with Crippen LogP contribution in [0.4, 0.5) is 0 Å². The van der Waals surface area contributed by atoms with E-state index >= 15 is 0 Å². The Morgan fingerprint density at radius 1 is 0.667 bits per heavy atom. The van der Waals surface area contributed by atoms with Gasteiger partial charge in [-0.2, -0.15) is 0 Å². The predicted molar refractivity (Wildman–Crippen MR) is 145 cm³/mol. The number of allylic oxidation sites excluding steroid dienone is 4. The predicted octanol–water partition coefficient (Wildman–Crippen LogP) is 9.29. The van der Waals surface area contributed by atoms with Crippen LogP contribution in [0.2, 0.25) is 0 Å². The Hall–Kier alpha value is -2.08. The second-order valence-electron chi connectivity index (χ2n) is 14.1. The Labute approximate surface area is 203 Å². The average molecular weight is 441 g/mol. The van der Waals surface area contributed by atoms with Crippen molar-refractivity contribution in [3.63, 3.8) is 0 Å². The van der Waals surface area contributed by atoms with Crippen LogP contribution in [-0.4, -0.2) is 0 Å². The van der Waals surface area contributed by atoms with Crippen molar-refractivity contribution in [1.29, 1.82) is 0 Å². The highest BCUT2D eigenvalue weighted by atomic mass is 14.4. The molecule has 0 aromatic heterocycles. The number of rotatable bonds is 2. The summed E-state index contributed by atoms with van der Waals surface area (Å²) in [5, 5.41) is 0. The van der Waals surface area contributed by atoms with Crippen molar-refractivity contribution in [3.05, 3.63) is 82.0 Å². The van der Waals surface area contributed by atoms with Gasteiger partial charge in [-0.05, 0) is 72.6 Å².